The second-order valence-corrected chi connectivity index (χ2v) is 4.99. The molecule has 1 N–H and O–H groups in total. The number of rotatable bonds is 6. The van der Waals surface area contributed by atoms with Gasteiger partial charge in [0.25, 0.3) is 0 Å². The summed E-state index contributed by atoms with van der Waals surface area (Å²) in [5, 5.41) is 8.70. The van der Waals surface area contributed by atoms with Crippen molar-refractivity contribution in [2.75, 3.05) is 20.3 Å². The van der Waals surface area contributed by atoms with Crippen LogP contribution in [0, 0.1) is 0 Å². The van der Waals surface area contributed by atoms with E-state index in [1.165, 1.54) is 0 Å². The molecule has 0 saturated carbocycles. The van der Waals surface area contributed by atoms with Gasteiger partial charge in [-0.15, -0.1) is 0 Å². The smallest absolute Gasteiger partial charge is 0.303 e. The van der Waals surface area contributed by atoms with Crippen molar-refractivity contribution >= 4 is 11.9 Å². The van der Waals surface area contributed by atoms with Crippen LogP contribution in [0.4, 0.5) is 0 Å². The first-order chi connectivity index (χ1) is 10.1. The average Bonchev–Trinajstić information content (AvgIpc) is 2.48. The summed E-state index contributed by atoms with van der Waals surface area (Å²) in [6.07, 6.45) is 0.243. The van der Waals surface area contributed by atoms with E-state index >= 15 is 0 Å². The molecule has 0 bridgehead atoms. The van der Waals surface area contributed by atoms with Crippen LogP contribution in [0.25, 0.3) is 0 Å². The monoisotopic (exact) mass is 293 g/mol. The normalized spacial score (nSPS) is 18.6. The quantitative estimate of drug-likeness (QED) is 0.855. The number of aliphatic carboxylic acids is 1. The Morgan fingerprint density at radius 2 is 2.33 bits per heavy atom. The highest BCUT2D eigenvalue weighted by Crippen LogP contribution is 2.18. The summed E-state index contributed by atoms with van der Waals surface area (Å²) < 4.78 is 10.5. The molecule has 1 amide bonds. The van der Waals surface area contributed by atoms with Gasteiger partial charge in [0.05, 0.1) is 13.2 Å². The van der Waals surface area contributed by atoms with E-state index in [-0.39, 0.29) is 25.0 Å². The van der Waals surface area contributed by atoms with Gasteiger partial charge >= 0.3 is 5.97 Å². The van der Waals surface area contributed by atoms with Gasteiger partial charge in [-0.25, -0.2) is 0 Å². The highest BCUT2D eigenvalue weighted by Gasteiger charge is 2.26. The fourth-order valence-electron chi connectivity index (χ4n) is 2.28. The summed E-state index contributed by atoms with van der Waals surface area (Å²) in [5.41, 5.74) is 0.974. The van der Waals surface area contributed by atoms with Crippen molar-refractivity contribution in [3.8, 4) is 5.75 Å². The predicted octanol–water partition coefficient (Wildman–Crippen LogP) is 1.29. The lowest BCUT2D eigenvalue weighted by molar-refractivity contribution is -0.151. The van der Waals surface area contributed by atoms with Crippen LogP contribution in [0.3, 0.4) is 0 Å². The molecule has 1 heterocycles. The van der Waals surface area contributed by atoms with Crippen LogP contribution >= 0.6 is 0 Å². The van der Waals surface area contributed by atoms with Crippen LogP contribution in [0.1, 0.15) is 18.4 Å². The van der Waals surface area contributed by atoms with E-state index in [2.05, 4.69) is 0 Å². The van der Waals surface area contributed by atoms with Crippen LogP contribution in [-0.2, 0) is 20.9 Å². The minimum Gasteiger partial charge on any atom is -0.497 e. The summed E-state index contributed by atoms with van der Waals surface area (Å²) in [4.78, 5) is 24.2. The van der Waals surface area contributed by atoms with Gasteiger partial charge in [-0.3, -0.25) is 9.59 Å². The summed E-state index contributed by atoms with van der Waals surface area (Å²) >= 11 is 0. The fraction of sp³-hybridized carbons (Fsp3) is 0.467. The zero-order valence-corrected chi connectivity index (χ0v) is 11.9. The van der Waals surface area contributed by atoms with Crippen molar-refractivity contribution in [2.45, 2.75) is 25.5 Å². The maximum Gasteiger partial charge on any atom is 0.303 e. The Morgan fingerprint density at radius 3 is 3.05 bits per heavy atom. The number of benzene rings is 1. The lowest BCUT2D eigenvalue weighted by Crippen LogP contribution is -2.46. The minimum absolute atomic E-state index is 0.00819. The highest BCUT2D eigenvalue weighted by atomic mass is 16.5. The molecule has 1 unspecified atom stereocenters. The first-order valence-corrected chi connectivity index (χ1v) is 6.82. The molecule has 1 saturated heterocycles. The van der Waals surface area contributed by atoms with E-state index in [9.17, 15) is 9.59 Å². The van der Waals surface area contributed by atoms with E-state index in [0.29, 0.717) is 19.5 Å². The number of ether oxygens (including phenoxy) is 2. The van der Waals surface area contributed by atoms with Gasteiger partial charge in [0, 0.05) is 19.5 Å². The predicted molar refractivity (Wildman–Crippen MR) is 75.0 cm³/mol. The summed E-state index contributed by atoms with van der Waals surface area (Å²) in [5.74, 6) is -0.185. The minimum atomic E-state index is -0.852. The third-order valence-corrected chi connectivity index (χ3v) is 3.41. The Hall–Kier alpha value is -2.08. The Morgan fingerprint density at radius 1 is 1.52 bits per heavy atom. The van der Waals surface area contributed by atoms with Gasteiger partial charge < -0.3 is 19.5 Å². The lowest BCUT2D eigenvalue weighted by Gasteiger charge is -2.32. The van der Waals surface area contributed by atoms with Gasteiger partial charge in [0.2, 0.25) is 5.91 Å². The zero-order valence-electron chi connectivity index (χ0n) is 11.9. The molecule has 1 fully saturated rings. The molecule has 0 radical (unpaired) electrons. The molecule has 1 aromatic carbocycles. The summed E-state index contributed by atoms with van der Waals surface area (Å²) in [7, 11) is 1.60. The number of carboxylic acids is 1. The van der Waals surface area contributed by atoms with E-state index in [4.69, 9.17) is 14.6 Å². The third kappa shape index (κ3) is 4.46. The van der Waals surface area contributed by atoms with E-state index < -0.39 is 5.97 Å². The Labute approximate surface area is 123 Å². The number of nitrogens with zero attached hydrogens (tertiary/aromatic N) is 1. The second kappa shape index (κ2) is 7.08. The molecule has 6 nitrogen and oxygen atoms in total. The van der Waals surface area contributed by atoms with Crippen LogP contribution < -0.4 is 4.74 Å². The van der Waals surface area contributed by atoms with Gasteiger partial charge in [-0.1, -0.05) is 12.1 Å². The summed E-state index contributed by atoms with van der Waals surface area (Å²) in [6.45, 7) is 0.903. The van der Waals surface area contributed by atoms with Crippen LogP contribution in [0.2, 0.25) is 0 Å². The molecule has 6 heteroatoms. The van der Waals surface area contributed by atoms with Crippen LogP contribution in [0.15, 0.2) is 24.3 Å². The molecule has 1 aromatic rings. The van der Waals surface area contributed by atoms with E-state index in [0.717, 1.165) is 11.3 Å². The van der Waals surface area contributed by atoms with Crippen molar-refractivity contribution in [2.24, 2.45) is 0 Å². The highest BCUT2D eigenvalue weighted by molar-refractivity contribution is 5.78. The average molecular weight is 293 g/mol. The van der Waals surface area contributed by atoms with Gasteiger partial charge in [-0.05, 0) is 24.1 Å². The van der Waals surface area contributed by atoms with Gasteiger partial charge in [0.1, 0.15) is 12.4 Å². The molecule has 1 atom stereocenters. The number of carbonyl (C=O) groups excluding carboxylic acids is 1. The number of methoxy groups -OCH3 is 1. The van der Waals surface area contributed by atoms with Crippen molar-refractivity contribution in [1.82, 2.24) is 4.90 Å². The van der Waals surface area contributed by atoms with Gasteiger partial charge in [-0.2, -0.15) is 0 Å². The third-order valence-electron chi connectivity index (χ3n) is 3.41. The molecule has 2 rings (SSSR count). The lowest BCUT2D eigenvalue weighted by atomic mass is 10.1. The number of carboxylic acid groups (broad SMARTS) is 1. The van der Waals surface area contributed by atoms with E-state index in [1.807, 2.05) is 24.3 Å². The Kier molecular flexibility index (Phi) is 5.16. The van der Waals surface area contributed by atoms with E-state index in [1.54, 1.807) is 12.0 Å². The van der Waals surface area contributed by atoms with Crippen molar-refractivity contribution in [1.29, 1.82) is 0 Å². The summed E-state index contributed by atoms with van der Waals surface area (Å²) in [6, 6.07) is 7.54. The molecule has 0 spiro atoms. The SMILES string of the molecule is COc1cccc(CN2CC(CCC(=O)O)OCC2=O)c1. The molecule has 1 aliphatic rings. The number of amides is 1. The first kappa shape index (κ1) is 15.3. The number of carbonyl (C=O) groups is 2. The molecule has 0 aromatic heterocycles. The Bertz CT molecular complexity index is 517. The second-order valence-electron chi connectivity index (χ2n) is 4.99. The zero-order chi connectivity index (χ0) is 15.2. The maximum absolute atomic E-state index is 11.9. The number of morpholine rings is 1. The number of hydrogen-bond acceptors (Lipinski definition) is 4. The topological polar surface area (TPSA) is 76.1 Å². The van der Waals surface area contributed by atoms with Gasteiger partial charge in [0.15, 0.2) is 0 Å². The Balaban J connectivity index is 1.96. The van der Waals surface area contributed by atoms with Crippen molar-refractivity contribution in [3.63, 3.8) is 0 Å². The molecule has 21 heavy (non-hydrogen) atoms. The number of hydrogen-bond donors (Lipinski definition) is 1. The van der Waals surface area contributed by atoms with Crippen LogP contribution in [-0.4, -0.2) is 48.2 Å². The standard InChI is InChI=1S/C15H19NO5/c1-20-12-4-2-3-11(7-12)8-16-9-13(5-6-15(18)19)21-10-14(16)17/h2-4,7,13H,5-6,8-10H2,1H3,(H,18,19). The fourth-order valence-corrected chi connectivity index (χ4v) is 2.28. The maximum atomic E-state index is 11.9. The van der Waals surface area contributed by atoms with Crippen molar-refractivity contribution < 1.29 is 24.2 Å². The van der Waals surface area contributed by atoms with Crippen molar-refractivity contribution in [3.05, 3.63) is 29.8 Å². The molecular weight excluding hydrogens is 274 g/mol. The molecule has 0 aliphatic carbocycles. The van der Waals surface area contributed by atoms with Crippen LogP contribution in [0.5, 0.6) is 5.75 Å². The molecule has 1 aliphatic heterocycles. The molecular formula is C15H19NO5. The largest absolute Gasteiger partial charge is 0.497 e. The first-order valence-electron chi connectivity index (χ1n) is 6.82. The molecule has 114 valence electrons.